The second-order valence-corrected chi connectivity index (χ2v) is 7.41. The number of carbonyl (C=O) groups is 1. The molecule has 0 bridgehead atoms. The molecule has 23 heavy (non-hydrogen) atoms. The zero-order valence-electron chi connectivity index (χ0n) is 13.7. The molecule has 2 aliphatic rings. The molecule has 1 aromatic rings. The minimum absolute atomic E-state index is 0.178. The van der Waals surface area contributed by atoms with Crippen LogP contribution < -0.4 is 5.32 Å². The number of aliphatic hydroxyl groups excluding tert-OH is 1. The lowest BCUT2D eigenvalue weighted by atomic mass is 9.79. The van der Waals surface area contributed by atoms with E-state index in [9.17, 15) is 9.90 Å². The molecule has 1 aromatic carbocycles. The normalized spacial score (nSPS) is 27.7. The molecule has 1 heterocycles. The number of aliphatic hydroxyl groups is 1. The van der Waals surface area contributed by atoms with Gasteiger partial charge in [0.2, 0.25) is 0 Å². The molecule has 0 radical (unpaired) electrons. The van der Waals surface area contributed by atoms with Gasteiger partial charge in [-0.15, -0.1) is 0 Å². The Balaban J connectivity index is 2.06. The van der Waals surface area contributed by atoms with Gasteiger partial charge >= 0.3 is 0 Å². The van der Waals surface area contributed by atoms with Crippen LogP contribution in [0.15, 0.2) is 22.4 Å². The summed E-state index contributed by atoms with van der Waals surface area (Å²) in [5.41, 5.74) is 2.61. The summed E-state index contributed by atoms with van der Waals surface area (Å²) in [6.45, 7) is 3.93. The molecular weight excluding hydrogens is 358 g/mol. The molecule has 124 valence electrons. The first-order valence-corrected chi connectivity index (χ1v) is 8.74. The summed E-state index contributed by atoms with van der Waals surface area (Å²) in [5.74, 6) is 0.0176. The van der Waals surface area contributed by atoms with Crippen molar-refractivity contribution >= 4 is 27.4 Å². The predicted octanol–water partition coefficient (Wildman–Crippen LogP) is 3.79. The maximum atomic E-state index is 12.6. The van der Waals surface area contributed by atoms with Crippen LogP contribution in [0.3, 0.4) is 0 Å². The first-order chi connectivity index (χ1) is 10.9. The second-order valence-electron chi connectivity index (χ2n) is 6.56. The SMILES string of the molecule is CO[C@H]1CC[C@@]2(CC1)NC(=O)C(c1c(C)ccc(Br)c1C)=C2O. The number of nitrogens with one attached hydrogen (secondary N) is 1. The molecule has 0 aromatic heterocycles. The Kier molecular flexibility index (Phi) is 4.27. The third-order valence-corrected chi connectivity index (χ3v) is 6.11. The first-order valence-electron chi connectivity index (χ1n) is 7.94. The van der Waals surface area contributed by atoms with Crippen molar-refractivity contribution < 1.29 is 14.6 Å². The predicted molar refractivity (Wildman–Crippen MR) is 93.3 cm³/mol. The smallest absolute Gasteiger partial charge is 0.256 e. The van der Waals surface area contributed by atoms with Crippen LogP contribution in [0, 0.1) is 13.8 Å². The van der Waals surface area contributed by atoms with Crippen molar-refractivity contribution in [2.24, 2.45) is 0 Å². The summed E-state index contributed by atoms with van der Waals surface area (Å²) in [6.07, 6.45) is 3.30. The van der Waals surface area contributed by atoms with E-state index in [-0.39, 0.29) is 17.8 Å². The molecule has 5 heteroatoms. The Hall–Kier alpha value is -1.33. The minimum atomic E-state index is -0.622. The van der Waals surface area contributed by atoms with Crippen molar-refractivity contribution in [3.63, 3.8) is 0 Å². The van der Waals surface area contributed by atoms with Gasteiger partial charge in [0.1, 0.15) is 5.76 Å². The molecule has 1 fully saturated rings. The van der Waals surface area contributed by atoms with Gasteiger partial charge < -0.3 is 15.2 Å². The number of halogens is 1. The van der Waals surface area contributed by atoms with E-state index in [0.29, 0.717) is 18.4 Å². The summed E-state index contributed by atoms with van der Waals surface area (Å²) in [4.78, 5) is 12.6. The molecule has 0 saturated heterocycles. The van der Waals surface area contributed by atoms with E-state index in [4.69, 9.17) is 4.74 Å². The maximum Gasteiger partial charge on any atom is 0.256 e. The number of hydrogen-bond donors (Lipinski definition) is 2. The molecule has 1 spiro atoms. The molecule has 0 unspecified atom stereocenters. The number of hydrogen-bond acceptors (Lipinski definition) is 3. The van der Waals surface area contributed by atoms with E-state index in [0.717, 1.165) is 34.0 Å². The number of rotatable bonds is 2. The van der Waals surface area contributed by atoms with Crippen LogP contribution in [0.5, 0.6) is 0 Å². The molecule has 1 aliphatic heterocycles. The summed E-state index contributed by atoms with van der Waals surface area (Å²) in [5, 5.41) is 14.0. The summed E-state index contributed by atoms with van der Waals surface area (Å²) in [6, 6.07) is 3.94. The molecule has 1 amide bonds. The number of benzene rings is 1. The van der Waals surface area contributed by atoms with Gasteiger partial charge in [0.15, 0.2) is 0 Å². The van der Waals surface area contributed by atoms with Crippen LogP contribution in [0.4, 0.5) is 0 Å². The highest BCUT2D eigenvalue weighted by molar-refractivity contribution is 9.10. The molecule has 1 saturated carbocycles. The van der Waals surface area contributed by atoms with Gasteiger partial charge in [-0.3, -0.25) is 4.79 Å². The lowest BCUT2D eigenvalue weighted by Gasteiger charge is -2.36. The average Bonchev–Trinajstić information content (AvgIpc) is 2.77. The van der Waals surface area contributed by atoms with E-state index in [1.807, 2.05) is 26.0 Å². The van der Waals surface area contributed by atoms with E-state index in [1.165, 1.54) is 0 Å². The summed E-state index contributed by atoms with van der Waals surface area (Å²) >= 11 is 3.52. The van der Waals surface area contributed by atoms with Gasteiger partial charge in [0.25, 0.3) is 5.91 Å². The maximum absolute atomic E-state index is 12.6. The first kappa shape index (κ1) is 16.5. The van der Waals surface area contributed by atoms with Crippen molar-refractivity contribution in [2.45, 2.75) is 51.2 Å². The van der Waals surface area contributed by atoms with Gasteiger partial charge in [-0.25, -0.2) is 0 Å². The van der Waals surface area contributed by atoms with Crippen LogP contribution in [0.2, 0.25) is 0 Å². The van der Waals surface area contributed by atoms with Crippen LogP contribution >= 0.6 is 15.9 Å². The monoisotopic (exact) mass is 379 g/mol. The standard InChI is InChI=1S/C18H22BrNO3/c1-10-4-5-13(19)11(2)14(10)15-16(21)18(20-17(15)22)8-6-12(23-3)7-9-18/h4-5,12,21H,6-9H2,1-3H3,(H,20,22)/t12-,18-. The highest BCUT2D eigenvalue weighted by Crippen LogP contribution is 2.43. The fourth-order valence-electron chi connectivity index (χ4n) is 3.81. The lowest BCUT2D eigenvalue weighted by Crippen LogP contribution is -2.48. The van der Waals surface area contributed by atoms with E-state index in [2.05, 4.69) is 21.2 Å². The van der Waals surface area contributed by atoms with Gasteiger partial charge in [-0.05, 0) is 62.3 Å². The molecule has 1 aliphatic carbocycles. The fourth-order valence-corrected chi connectivity index (χ4v) is 4.14. The molecular formula is C18H22BrNO3. The summed E-state index contributed by atoms with van der Waals surface area (Å²) in [7, 11) is 1.71. The van der Waals surface area contributed by atoms with Crippen LogP contribution in [-0.2, 0) is 9.53 Å². The van der Waals surface area contributed by atoms with Crippen molar-refractivity contribution in [2.75, 3.05) is 7.11 Å². The Bertz CT molecular complexity index is 688. The Morgan fingerprint density at radius 2 is 1.96 bits per heavy atom. The van der Waals surface area contributed by atoms with Gasteiger partial charge in [-0.1, -0.05) is 22.0 Å². The average molecular weight is 380 g/mol. The number of methoxy groups -OCH3 is 1. The topological polar surface area (TPSA) is 58.6 Å². The molecule has 4 nitrogen and oxygen atoms in total. The van der Waals surface area contributed by atoms with Gasteiger partial charge in [-0.2, -0.15) is 0 Å². The van der Waals surface area contributed by atoms with Gasteiger partial charge in [0, 0.05) is 11.6 Å². The number of carbonyl (C=O) groups excluding carboxylic acids is 1. The van der Waals surface area contributed by atoms with Crippen molar-refractivity contribution in [3.8, 4) is 0 Å². The lowest BCUT2D eigenvalue weighted by molar-refractivity contribution is -0.116. The molecule has 3 rings (SSSR count). The second kappa shape index (κ2) is 5.95. The van der Waals surface area contributed by atoms with Crippen LogP contribution in [0.1, 0.15) is 42.4 Å². The van der Waals surface area contributed by atoms with E-state index >= 15 is 0 Å². The molecule has 0 atom stereocenters. The fraction of sp³-hybridized carbons (Fsp3) is 0.500. The van der Waals surface area contributed by atoms with Crippen molar-refractivity contribution in [1.82, 2.24) is 5.32 Å². The third-order valence-electron chi connectivity index (χ3n) is 5.25. The van der Waals surface area contributed by atoms with Crippen LogP contribution in [0.25, 0.3) is 5.57 Å². The van der Waals surface area contributed by atoms with E-state index < -0.39 is 5.54 Å². The zero-order valence-corrected chi connectivity index (χ0v) is 15.3. The minimum Gasteiger partial charge on any atom is -0.509 e. The quantitative estimate of drug-likeness (QED) is 0.821. The zero-order chi connectivity index (χ0) is 16.8. The van der Waals surface area contributed by atoms with E-state index in [1.54, 1.807) is 7.11 Å². The Morgan fingerprint density at radius 3 is 2.57 bits per heavy atom. The number of amides is 1. The number of aryl methyl sites for hydroxylation is 1. The Labute approximate surface area is 145 Å². The largest absolute Gasteiger partial charge is 0.509 e. The highest BCUT2D eigenvalue weighted by Gasteiger charge is 2.48. The Morgan fingerprint density at radius 1 is 1.30 bits per heavy atom. The summed E-state index contributed by atoms with van der Waals surface area (Å²) < 4.78 is 6.34. The highest BCUT2D eigenvalue weighted by atomic mass is 79.9. The number of ether oxygens (including phenoxy) is 1. The molecule has 2 N–H and O–H groups in total. The van der Waals surface area contributed by atoms with Crippen molar-refractivity contribution in [1.29, 1.82) is 0 Å². The van der Waals surface area contributed by atoms with Gasteiger partial charge in [0.05, 0.1) is 17.2 Å². The third kappa shape index (κ3) is 2.60. The van der Waals surface area contributed by atoms with Crippen molar-refractivity contribution in [3.05, 3.63) is 39.1 Å². The van der Waals surface area contributed by atoms with Crippen LogP contribution in [-0.4, -0.2) is 29.8 Å².